The second-order valence-corrected chi connectivity index (χ2v) is 5.18. The van der Waals surface area contributed by atoms with Crippen LogP contribution in [0.4, 0.5) is 10.1 Å². The van der Waals surface area contributed by atoms with Gasteiger partial charge < -0.3 is 10.4 Å². The Kier molecular flexibility index (Phi) is 4.58. The standard InChI is InChI=1S/C17H18FNO2/c1-11-4-3-5-15(17(20)21)16(11)19-12(2)10-13-6-8-14(18)9-7-13/h3-9,12,19H,10H2,1-2H3,(H,20,21). The van der Waals surface area contributed by atoms with Gasteiger partial charge in [-0.25, -0.2) is 9.18 Å². The highest BCUT2D eigenvalue weighted by Crippen LogP contribution is 2.22. The Morgan fingerprint density at radius 2 is 1.90 bits per heavy atom. The van der Waals surface area contributed by atoms with E-state index in [1.807, 2.05) is 19.9 Å². The van der Waals surface area contributed by atoms with Gasteiger partial charge in [0.2, 0.25) is 0 Å². The highest BCUT2D eigenvalue weighted by atomic mass is 19.1. The zero-order valence-electron chi connectivity index (χ0n) is 12.1. The van der Waals surface area contributed by atoms with Crippen LogP contribution in [0.1, 0.15) is 28.4 Å². The summed E-state index contributed by atoms with van der Waals surface area (Å²) < 4.78 is 12.9. The Bertz CT molecular complexity index is 638. The van der Waals surface area contributed by atoms with Gasteiger partial charge in [0, 0.05) is 6.04 Å². The van der Waals surface area contributed by atoms with Gasteiger partial charge in [-0.2, -0.15) is 0 Å². The van der Waals surface area contributed by atoms with E-state index in [0.29, 0.717) is 12.1 Å². The minimum absolute atomic E-state index is 0.0367. The van der Waals surface area contributed by atoms with Gasteiger partial charge >= 0.3 is 5.97 Å². The third-order valence-electron chi connectivity index (χ3n) is 3.35. The largest absolute Gasteiger partial charge is 0.478 e. The summed E-state index contributed by atoms with van der Waals surface area (Å²) in [5, 5.41) is 12.5. The molecule has 0 saturated heterocycles. The maximum Gasteiger partial charge on any atom is 0.337 e. The van der Waals surface area contributed by atoms with Gasteiger partial charge in [-0.05, 0) is 49.6 Å². The van der Waals surface area contributed by atoms with Gasteiger partial charge in [-0.15, -0.1) is 0 Å². The van der Waals surface area contributed by atoms with E-state index in [1.54, 1.807) is 24.3 Å². The summed E-state index contributed by atoms with van der Waals surface area (Å²) in [5.74, 6) is -1.21. The zero-order valence-corrected chi connectivity index (χ0v) is 12.1. The molecule has 1 atom stereocenters. The summed E-state index contributed by atoms with van der Waals surface area (Å²) in [6, 6.07) is 11.6. The van der Waals surface area contributed by atoms with Crippen molar-refractivity contribution in [2.45, 2.75) is 26.3 Å². The van der Waals surface area contributed by atoms with Gasteiger partial charge in [0.05, 0.1) is 11.3 Å². The first-order chi connectivity index (χ1) is 9.97. The third-order valence-corrected chi connectivity index (χ3v) is 3.35. The van der Waals surface area contributed by atoms with E-state index in [4.69, 9.17) is 0 Å². The van der Waals surface area contributed by atoms with Crippen LogP contribution in [-0.4, -0.2) is 17.1 Å². The van der Waals surface area contributed by atoms with Crippen LogP contribution in [0.3, 0.4) is 0 Å². The molecule has 0 heterocycles. The number of benzene rings is 2. The third kappa shape index (κ3) is 3.81. The number of rotatable bonds is 5. The number of aromatic carboxylic acids is 1. The molecule has 0 bridgehead atoms. The molecule has 2 N–H and O–H groups in total. The Balaban J connectivity index is 2.14. The normalized spacial score (nSPS) is 12.0. The van der Waals surface area contributed by atoms with Crippen LogP contribution in [0, 0.1) is 12.7 Å². The lowest BCUT2D eigenvalue weighted by molar-refractivity contribution is 0.0698. The lowest BCUT2D eigenvalue weighted by Crippen LogP contribution is -2.20. The molecule has 0 aliphatic heterocycles. The van der Waals surface area contributed by atoms with E-state index in [9.17, 15) is 14.3 Å². The molecule has 21 heavy (non-hydrogen) atoms. The summed E-state index contributed by atoms with van der Waals surface area (Å²) in [7, 11) is 0. The molecule has 1 unspecified atom stereocenters. The number of halogens is 1. The average Bonchev–Trinajstić information content (AvgIpc) is 2.43. The SMILES string of the molecule is Cc1cccc(C(=O)O)c1NC(C)Cc1ccc(F)cc1. The van der Waals surface area contributed by atoms with Gasteiger partial charge in [-0.3, -0.25) is 0 Å². The fourth-order valence-corrected chi connectivity index (χ4v) is 2.31. The molecule has 0 radical (unpaired) electrons. The van der Waals surface area contributed by atoms with Crippen LogP contribution in [0.25, 0.3) is 0 Å². The summed E-state index contributed by atoms with van der Waals surface area (Å²) in [5.41, 5.74) is 2.79. The maximum atomic E-state index is 12.9. The van der Waals surface area contributed by atoms with Crippen LogP contribution >= 0.6 is 0 Å². The van der Waals surface area contributed by atoms with Crippen molar-refractivity contribution in [2.75, 3.05) is 5.32 Å². The van der Waals surface area contributed by atoms with Crippen LogP contribution in [-0.2, 0) is 6.42 Å². The van der Waals surface area contributed by atoms with Gasteiger partial charge in [0.1, 0.15) is 5.82 Å². The molecule has 2 aromatic rings. The molecule has 4 heteroatoms. The summed E-state index contributed by atoms with van der Waals surface area (Å²) >= 11 is 0. The number of hydrogen-bond acceptors (Lipinski definition) is 2. The number of hydrogen-bond donors (Lipinski definition) is 2. The Morgan fingerprint density at radius 3 is 2.52 bits per heavy atom. The van der Waals surface area contributed by atoms with E-state index < -0.39 is 5.97 Å². The minimum atomic E-state index is -0.949. The van der Waals surface area contributed by atoms with E-state index in [1.165, 1.54) is 12.1 Å². The monoisotopic (exact) mass is 287 g/mol. The van der Waals surface area contributed by atoms with E-state index in [-0.39, 0.29) is 17.4 Å². The lowest BCUT2D eigenvalue weighted by Gasteiger charge is -2.19. The zero-order chi connectivity index (χ0) is 15.4. The molecule has 0 aliphatic rings. The molecule has 3 nitrogen and oxygen atoms in total. The molecule has 0 aliphatic carbocycles. The number of carboxylic acids is 1. The summed E-state index contributed by atoms with van der Waals surface area (Å²) in [6.45, 7) is 3.85. The number of carboxylic acid groups (broad SMARTS) is 1. The van der Waals surface area contributed by atoms with Crippen molar-refractivity contribution in [1.29, 1.82) is 0 Å². The molecule has 0 saturated carbocycles. The molecule has 0 aromatic heterocycles. The van der Waals surface area contributed by atoms with Crippen LogP contribution in [0.15, 0.2) is 42.5 Å². The summed E-state index contributed by atoms with van der Waals surface area (Å²) in [4.78, 5) is 11.3. The first-order valence-electron chi connectivity index (χ1n) is 6.81. The van der Waals surface area contributed by atoms with E-state index in [0.717, 1.165) is 11.1 Å². The van der Waals surface area contributed by atoms with Crippen LogP contribution in [0.5, 0.6) is 0 Å². The molecular formula is C17H18FNO2. The van der Waals surface area contributed by atoms with Crippen molar-refractivity contribution in [3.8, 4) is 0 Å². The van der Waals surface area contributed by atoms with Crippen molar-refractivity contribution in [1.82, 2.24) is 0 Å². The Labute approximate surface area is 123 Å². The predicted molar refractivity (Wildman–Crippen MR) is 81.3 cm³/mol. The number of nitrogens with one attached hydrogen (secondary N) is 1. The Morgan fingerprint density at radius 1 is 1.24 bits per heavy atom. The van der Waals surface area contributed by atoms with Gasteiger partial charge in [0.15, 0.2) is 0 Å². The predicted octanol–water partition coefficient (Wildman–Crippen LogP) is 3.88. The number of anilines is 1. The van der Waals surface area contributed by atoms with Crippen LogP contribution in [0.2, 0.25) is 0 Å². The second-order valence-electron chi connectivity index (χ2n) is 5.18. The topological polar surface area (TPSA) is 49.3 Å². The summed E-state index contributed by atoms with van der Waals surface area (Å²) in [6.07, 6.45) is 0.688. The first-order valence-corrected chi connectivity index (χ1v) is 6.81. The molecule has 0 amide bonds. The fourth-order valence-electron chi connectivity index (χ4n) is 2.31. The minimum Gasteiger partial charge on any atom is -0.478 e. The lowest BCUT2D eigenvalue weighted by atomic mass is 10.0. The average molecular weight is 287 g/mol. The number of aryl methyl sites for hydroxylation is 1. The molecule has 2 aromatic carbocycles. The van der Waals surface area contributed by atoms with E-state index in [2.05, 4.69) is 5.32 Å². The molecule has 0 spiro atoms. The van der Waals surface area contributed by atoms with Crippen molar-refractivity contribution in [3.05, 3.63) is 65.0 Å². The molecule has 110 valence electrons. The second kappa shape index (κ2) is 6.39. The van der Waals surface area contributed by atoms with E-state index >= 15 is 0 Å². The highest BCUT2D eigenvalue weighted by Gasteiger charge is 2.14. The Hall–Kier alpha value is -2.36. The molecular weight excluding hydrogens is 269 g/mol. The maximum absolute atomic E-state index is 12.9. The number of carbonyl (C=O) groups is 1. The smallest absolute Gasteiger partial charge is 0.337 e. The van der Waals surface area contributed by atoms with Crippen molar-refractivity contribution in [2.24, 2.45) is 0 Å². The number of para-hydroxylation sites is 1. The van der Waals surface area contributed by atoms with Crippen molar-refractivity contribution < 1.29 is 14.3 Å². The van der Waals surface area contributed by atoms with Gasteiger partial charge in [-0.1, -0.05) is 24.3 Å². The first kappa shape index (κ1) is 15.0. The fraction of sp³-hybridized carbons (Fsp3) is 0.235. The van der Waals surface area contributed by atoms with Crippen molar-refractivity contribution in [3.63, 3.8) is 0 Å². The molecule has 2 rings (SSSR count). The molecule has 0 fully saturated rings. The highest BCUT2D eigenvalue weighted by molar-refractivity contribution is 5.95. The van der Waals surface area contributed by atoms with Crippen LogP contribution < -0.4 is 5.32 Å². The van der Waals surface area contributed by atoms with Gasteiger partial charge in [0.25, 0.3) is 0 Å². The van der Waals surface area contributed by atoms with Crippen molar-refractivity contribution >= 4 is 11.7 Å². The quantitative estimate of drug-likeness (QED) is 0.877.